The van der Waals surface area contributed by atoms with Crippen molar-refractivity contribution < 1.29 is 4.79 Å². The van der Waals surface area contributed by atoms with Gasteiger partial charge in [-0.3, -0.25) is 4.79 Å². The first-order valence-corrected chi connectivity index (χ1v) is 9.85. The standard InChI is InChI=1S/C23H27N5O/c1-4-28(5-2)20-13-11-19(12-14-20)25-23-24-16-15-21(26-23)22(29)27(3)17-18-9-7-6-8-10-18/h6-16H,4-5,17H2,1-3H3,(H,24,25,26). The number of hydrogen-bond acceptors (Lipinski definition) is 5. The van der Waals surface area contributed by atoms with Crippen molar-refractivity contribution in [3.05, 3.63) is 78.1 Å². The van der Waals surface area contributed by atoms with Gasteiger partial charge in [0.1, 0.15) is 5.69 Å². The molecule has 3 aromatic rings. The maximum absolute atomic E-state index is 12.7. The minimum absolute atomic E-state index is 0.142. The van der Waals surface area contributed by atoms with Crippen LogP contribution in [0.3, 0.4) is 0 Å². The number of nitrogens with one attached hydrogen (secondary N) is 1. The van der Waals surface area contributed by atoms with E-state index < -0.39 is 0 Å². The highest BCUT2D eigenvalue weighted by atomic mass is 16.2. The Kier molecular flexibility index (Phi) is 6.79. The Labute approximate surface area is 172 Å². The topological polar surface area (TPSA) is 61.4 Å². The molecule has 0 spiro atoms. The molecule has 0 aliphatic heterocycles. The van der Waals surface area contributed by atoms with E-state index in [4.69, 9.17) is 0 Å². The van der Waals surface area contributed by atoms with Crippen LogP contribution in [0.4, 0.5) is 17.3 Å². The molecule has 2 aromatic carbocycles. The first kappa shape index (κ1) is 20.3. The van der Waals surface area contributed by atoms with Gasteiger partial charge in [0.15, 0.2) is 0 Å². The molecule has 1 amide bonds. The van der Waals surface area contributed by atoms with Crippen LogP contribution in [-0.2, 0) is 6.54 Å². The molecule has 0 unspecified atom stereocenters. The molecular weight excluding hydrogens is 362 g/mol. The second-order valence-electron chi connectivity index (χ2n) is 6.76. The van der Waals surface area contributed by atoms with Gasteiger partial charge in [-0.1, -0.05) is 30.3 Å². The summed E-state index contributed by atoms with van der Waals surface area (Å²) in [6.07, 6.45) is 1.60. The summed E-state index contributed by atoms with van der Waals surface area (Å²) < 4.78 is 0. The van der Waals surface area contributed by atoms with Crippen LogP contribution in [0.15, 0.2) is 66.9 Å². The summed E-state index contributed by atoms with van der Waals surface area (Å²) in [6.45, 7) is 6.74. The Bertz CT molecular complexity index is 924. The molecule has 150 valence electrons. The molecule has 0 saturated carbocycles. The fourth-order valence-electron chi connectivity index (χ4n) is 3.14. The lowest BCUT2D eigenvalue weighted by molar-refractivity contribution is 0.0779. The summed E-state index contributed by atoms with van der Waals surface area (Å²) >= 11 is 0. The minimum Gasteiger partial charge on any atom is -0.372 e. The molecule has 0 aliphatic rings. The molecule has 1 heterocycles. The molecule has 0 aliphatic carbocycles. The van der Waals surface area contributed by atoms with Gasteiger partial charge < -0.3 is 15.1 Å². The first-order valence-electron chi connectivity index (χ1n) is 9.85. The summed E-state index contributed by atoms with van der Waals surface area (Å²) in [6, 6.07) is 19.6. The zero-order chi connectivity index (χ0) is 20.6. The van der Waals surface area contributed by atoms with Crippen molar-refractivity contribution in [1.82, 2.24) is 14.9 Å². The van der Waals surface area contributed by atoms with Gasteiger partial charge in [-0.2, -0.15) is 0 Å². The molecule has 0 fully saturated rings. The molecular formula is C23H27N5O. The molecule has 0 atom stereocenters. The fourth-order valence-corrected chi connectivity index (χ4v) is 3.14. The van der Waals surface area contributed by atoms with Gasteiger partial charge >= 0.3 is 0 Å². The quantitative estimate of drug-likeness (QED) is 0.621. The SMILES string of the molecule is CCN(CC)c1ccc(Nc2nccc(C(=O)N(C)Cc3ccccc3)n2)cc1. The number of carbonyl (C=O) groups is 1. The monoisotopic (exact) mass is 389 g/mol. The second kappa shape index (κ2) is 9.68. The Hall–Kier alpha value is -3.41. The smallest absolute Gasteiger partial charge is 0.272 e. The number of benzene rings is 2. The van der Waals surface area contributed by atoms with E-state index in [1.807, 2.05) is 42.5 Å². The van der Waals surface area contributed by atoms with E-state index in [2.05, 4.69) is 46.2 Å². The van der Waals surface area contributed by atoms with Crippen molar-refractivity contribution in [2.45, 2.75) is 20.4 Å². The van der Waals surface area contributed by atoms with Gasteiger partial charge in [-0.25, -0.2) is 9.97 Å². The van der Waals surface area contributed by atoms with Crippen LogP contribution in [0, 0.1) is 0 Å². The van der Waals surface area contributed by atoms with E-state index in [1.54, 1.807) is 24.2 Å². The lowest BCUT2D eigenvalue weighted by Crippen LogP contribution is -2.27. The van der Waals surface area contributed by atoms with Crippen LogP contribution in [-0.4, -0.2) is 40.9 Å². The van der Waals surface area contributed by atoms with E-state index in [-0.39, 0.29) is 5.91 Å². The number of hydrogen-bond donors (Lipinski definition) is 1. The van der Waals surface area contributed by atoms with E-state index >= 15 is 0 Å². The minimum atomic E-state index is -0.142. The van der Waals surface area contributed by atoms with Gasteiger partial charge in [-0.05, 0) is 49.7 Å². The van der Waals surface area contributed by atoms with Crippen LogP contribution < -0.4 is 10.2 Å². The number of rotatable bonds is 8. The molecule has 1 N–H and O–H groups in total. The van der Waals surface area contributed by atoms with Crippen molar-refractivity contribution in [1.29, 1.82) is 0 Å². The van der Waals surface area contributed by atoms with E-state index in [1.165, 1.54) is 5.69 Å². The molecule has 29 heavy (non-hydrogen) atoms. The van der Waals surface area contributed by atoms with E-state index in [9.17, 15) is 4.79 Å². The van der Waals surface area contributed by atoms with Crippen LogP contribution in [0.2, 0.25) is 0 Å². The van der Waals surface area contributed by atoms with Crippen molar-refractivity contribution in [3.63, 3.8) is 0 Å². The molecule has 6 heteroatoms. The van der Waals surface area contributed by atoms with Crippen molar-refractivity contribution in [2.24, 2.45) is 0 Å². The number of aromatic nitrogens is 2. The number of anilines is 3. The predicted molar refractivity (Wildman–Crippen MR) is 118 cm³/mol. The van der Waals surface area contributed by atoms with Crippen molar-refractivity contribution in [2.75, 3.05) is 30.4 Å². The number of carbonyl (C=O) groups excluding carboxylic acids is 1. The first-order chi connectivity index (χ1) is 14.1. The Morgan fingerprint density at radius 3 is 2.31 bits per heavy atom. The second-order valence-corrected chi connectivity index (χ2v) is 6.76. The van der Waals surface area contributed by atoms with Gasteiger partial charge in [0.25, 0.3) is 5.91 Å². The summed E-state index contributed by atoms with van der Waals surface area (Å²) in [5.41, 5.74) is 3.49. The van der Waals surface area contributed by atoms with Crippen molar-refractivity contribution >= 4 is 23.2 Å². The summed E-state index contributed by atoms with van der Waals surface area (Å²) in [5.74, 6) is 0.260. The molecule has 0 bridgehead atoms. The van der Waals surface area contributed by atoms with Gasteiger partial charge in [0, 0.05) is 44.3 Å². The van der Waals surface area contributed by atoms with E-state index in [0.717, 1.165) is 24.3 Å². The lowest BCUT2D eigenvalue weighted by atomic mass is 10.2. The van der Waals surface area contributed by atoms with Crippen LogP contribution in [0.1, 0.15) is 29.9 Å². The average Bonchev–Trinajstić information content (AvgIpc) is 2.76. The van der Waals surface area contributed by atoms with Gasteiger partial charge in [-0.15, -0.1) is 0 Å². The molecule has 0 saturated heterocycles. The van der Waals surface area contributed by atoms with Crippen LogP contribution >= 0.6 is 0 Å². The Balaban J connectivity index is 1.68. The zero-order valence-electron chi connectivity index (χ0n) is 17.2. The third-order valence-corrected chi connectivity index (χ3v) is 4.74. The van der Waals surface area contributed by atoms with Gasteiger partial charge in [0.2, 0.25) is 5.95 Å². The highest BCUT2D eigenvalue weighted by Crippen LogP contribution is 2.20. The largest absolute Gasteiger partial charge is 0.372 e. The maximum atomic E-state index is 12.7. The third kappa shape index (κ3) is 5.31. The summed E-state index contributed by atoms with van der Waals surface area (Å²) in [4.78, 5) is 25.3. The van der Waals surface area contributed by atoms with Crippen LogP contribution in [0.25, 0.3) is 0 Å². The van der Waals surface area contributed by atoms with Crippen molar-refractivity contribution in [3.8, 4) is 0 Å². The predicted octanol–water partition coefficient (Wildman–Crippen LogP) is 4.34. The third-order valence-electron chi connectivity index (χ3n) is 4.74. The lowest BCUT2D eigenvalue weighted by Gasteiger charge is -2.21. The normalized spacial score (nSPS) is 10.4. The molecule has 3 rings (SSSR count). The fraction of sp³-hybridized carbons (Fsp3) is 0.261. The Morgan fingerprint density at radius 2 is 1.66 bits per heavy atom. The highest BCUT2D eigenvalue weighted by Gasteiger charge is 2.14. The molecule has 6 nitrogen and oxygen atoms in total. The zero-order valence-corrected chi connectivity index (χ0v) is 17.2. The van der Waals surface area contributed by atoms with Crippen LogP contribution in [0.5, 0.6) is 0 Å². The molecule has 1 aromatic heterocycles. The number of amides is 1. The summed E-state index contributed by atoms with van der Waals surface area (Å²) in [5, 5.41) is 3.18. The average molecular weight is 390 g/mol. The van der Waals surface area contributed by atoms with E-state index in [0.29, 0.717) is 18.2 Å². The summed E-state index contributed by atoms with van der Waals surface area (Å²) in [7, 11) is 1.77. The Morgan fingerprint density at radius 1 is 0.966 bits per heavy atom. The maximum Gasteiger partial charge on any atom is 0.272 e. The van der Waals surface area contributed by atoms with Gasteiger partial charge in [0.05, 0.1) is 0 Å². The molecule has 0 radical (unpaired) electrons. The highest BCUT2D eigenvalue weighted by molar-refractivity contribution is 5.92. The number of nitrogens with zero attached hydrogens (tertiary/aromatic N) is 4.